The summed E-state index contributed by atoms with van der Waals surface area (Å²) >= 11 is 5.90. The number of anilines is 1. The van der Waals surface area contributed by atoms with Crippen molar-refractivity contribution in [3.63, 3.8) is 0 Å². The van der Waals surface area contributed by atoms with Crippen molar-refractivity contribution in [3.05, 3.63) is 69.7 Å². The van der Waals surface area contributed by atoms with Gasteiger partial charge in [0.1, 0.15) is 5.82 Å². The Hall–Kier alpha value is -3.59. The van der Waals surface area contributed by atoms with E-state index >= 15 is 0 Å². The molecule has 4 rings (SSSR count). The SMILES string of the molecule is COc1ccc(-c2ccc(=O)n(CCCC(=O)N3CCN(c4ccc(F)c(Cl)c4)CC3)n2)cc1OC. The van der Waals surface area contributed by atoms with Gasteiger partial charge in [0.15, 0.2) is 11.5 Å². The van der Waals surface area contributed by atoms with Crippen molar-refractivity contribution in [2.24, 2.45) is 0 Å². The van der Waals surface area contributed by atoms with Gasteiger partial charge in [-0.2, -0.15) is 5.10 Å². The zero-order valence-electron chi connectivity index (χ0n) is 20.2. The Kier molecular flexibility index (Phi) is 8.10. The lowest BCUT2D eigenvalue weighted by atomic mass is 10.1. The molecule has 10 heteroatoms. The Bertz CT molecular complexity index is 1290. The molecule has 0 unspecified atom stereocenters. The van der Waals surface area contributed by atoms with Gasteiger partial charge >= 0.3 is 0 Å². The fourth-order valence-corrected chi connectivity index (χ4v) is 4.37. The van der Waals surface area contributed by atoms with Crippen LogP contribution in [0.5, 0.6) is 11.5 Å². The first-order chi connectivity index (χ1) is 17.4. The van der Waals surface area contributed by atoms with Gasteiger partial charge in [-0.25, -0.2) is 9.07 Å². The number of hydrogen-bond acceptors (Lipinski definition) is 6. The molecule has 0 aliphatic carbocycles. The molecule has 1 aliphatic rings. The lowest BCUT2D eigenvalue weighted by molar-refractivity contribution is -0.131. The van der Waals surface area contributed by atoms with Crippen LogP contribution < -0.4 is 19.9 Å². The average Bonchev–Trinajstić information content (AvgIpc) is 2.91. The van der Waals surface area contributed by atoms with Crippen molar-refractivity contribution in [1.82, 2.24) is 14.7 Å². The van der Waals surface area contributed by atoms with Gasteiger partial charge in [-0.15, -0.1) is 0 Å². The molecule has 190 valence electrons. The summed E-state index contributed by atoms with van der Waals surface area (Å²) in [5.41, 5.74) is 2.03. The van der Waals surface area contributed by atoms with Gasteiger partial charge in [-0.05, 0) is 48.9 Å². The van der Waals surface area contributed by atoms with E-state index in [4.69, 9.17) is 21.1 Å². The van der Waals surface area contributed by atoms with E-state index in [1.54, 1.807) is 44.6 Å². The number of ether oxygens (including phenoxy) is 2. The van der Waals surface area contributed by atoms with E-state index in [0.717, 1.165) is 11.3 Å². The molecule has 1 aromatic heterocycles. The number of benzene rings is 2. The first kappa shape index (κ1) is 25.5. The Morgan fingerprint density at radius 3 is 2.44 bits per heavy atom. The van der Waals surface area contributed by atoms with Crippen LogP contribution in [0.15, 0.2) is 53.3 Å². The minimum absolute atomic E-state index is 0.0379. The van der Waals surface area contributed by atoms with Gasteiger partial charge in [0, 0.05) is 56.5 Å². The highest BCUT2D eigenvalue weighted by molar-refractivity contribution is 6.31. The zero-order chi connectivity index (χ0) is 25.7. The third-order valence-corrected chi connectivity index (χ3v) is 6.50. The van der Waals surface area contributed by atoms with Crippen molar-refractivity contribution in [2.75, 3.05) is 45.3 Å². The van der Waals surface area contributed by atoms with E-state index in [1.165, 1.54) is 16.8 Å². The quantitative estimate of drug-likeness (QED) is 0.454. The summed E-state index contributed by atoms with van der Waals surface area (Å²) in [6.45, 7) is 2.76. The Labute approximate surface area is 213 Å². The number of halogens is 2. The predicted octanol–water partition coefficient (Wildman–Crippen LogP) is 3.85. The van der Waals surface area contributed by atoms with Crippen molar-refractivity contribution >= 4 is 23.2 Å². The average molecular weight is 515 g/mol. The normalized spacial score (nSPS) is 13.6. The van der Waals surface area contributed by atoms with E-state index in [2.05, 4.69) is 10.00 Å². The molecule has 36 heavy (non-hydrogen) atoms. The molecule has 0 saturated carbocycles. The molecule has 0 radical (unpaired) electrons. The van der Waals surface area contributed by atoms with Crippen molar-refractivity contribution < 1.29 is 18.7 Å². The number of aromatic nitrogens is 2. The number of rotatable bonds is 8. The maximum Gasteiger partial charge on any atom is 0.266 e. The standard InChI is InChI=1S/C26H28ClFN4O4/c1-35-23-9-5-18(16-24(23)36-2)22-8-10-26(34)32(29-22)11-3-4-25(33)31-14-12-30(13-15-31)19-6-7-21(28)20(27)17-19/h5-10,16-17H,3-4,11-15H2,1-2H3. The maximum absolute atomic E-state index is 13.4. The van der Waals surface area contributed by atoms with Crippen LogP contribution in [0.25, 0.3) is 11.3 Å². The third-order valence-electron chi connectivity index (χ3n) is 6.21. The summed E-state index contributed by atoms with van der Waals surface area (Å²) in [5, 5.41) is 4.57. The number of carbonyl (C=O) groups is 1. The highest BCUT2D eigenvalue weighted by atomic mass is 35.5. The lowest BCUT2D eigenvalue weighted by Gasteiger charge is -2.36. The number of nitrogens with zero attached hydrogens (tertiary/aromatic N) is 4. The van der Waals surface area contributed by atoms with Gasteiger partial charge in [-0.1, -0.05) is 11.6 Å². The fourth-order valence-electron chi connectivity index (χ4n) is 4.19. The molecule has 2 aromatic carbocycles. The van der Waals surface area contributed by atoms with E-state index in [-0.39, 0.29) is 16.5 Å². The van der Waals surface area contributed by atoms with E-state index in [0.29, 0.717) is 62.8 Å². The largest absolute Gasteiger partial charge is 0.493 e. The summed E-state index contributed by atoms with van der Waals surface area (Å²) in [6, 6.07) is 13.2. The number of hydrogen-bond donors (Lipinski definition) is 0. The smallest absolute Gasteiger partial charge is 0.266 e. The van der Waals surface area contributed by atoms with Crippen LogP contribution >= 0.6 is 11.6 Å². The van der Waals surface area contributed by atoms with Gasteiger partial charge in [0.2, 0.25) is 5.91 Å². The van der Waals surface area contributed by atoms with E-state index in [9.17, 15) is 14.0 Å². The first-order valence-electron chi connectivity index (χ1n) is 11.7. The highest BCUT2D eigenvalue weighted by Crippen LogP contribution is 2.31. The summed E-state index contributed by atoms with van der Waals surface area (Å²) in [4.78, 5) is 29.0. The molecule has 0 spiro atoms. The summed E-state index contributed by atoms with van der Waals surface area (Å²) in [5.74, 6) is 0.770. The van der Waals surface area contributed by atoms with Gasteiger partial charge in [0.05, 0.1) is 24.9 Å². The van der Waals surface area contributed by atoms with Crippen LogP contribution in [0.3, 0.4) is 0 Å². The lowest BCUT2D eigenvalue weighted by Crippen LogP contribution is -2.48. The van der Waals surface area contributed by atoms with Crippen LogP contribution in [0, 0.1) is 5.82 Å². The van der Waals surface area contributed by atoms with Crippen LogP contribution in [-0.4, -0.2) is 61.0 Å². The van der Waals surface area contributed by atoms with Crippen molar-refractivity contribution in [1.29, 1.82) is 0 Å². The Morgan fingerprint density at radius 1 is 1.00 bits per heavy atom. The monoisotopic (exact) mass is 514 g/mol. The molecule has 3 aromatic rings. The number of piperazine rings is 1. The zero-order valence-corrected chi connectivity index (χ0v) is 21.0. The molecule has 0 N–H and O–H groups in total. The molecule has 1 aliphatic heterocycles. The van der Waals surface area contributed by atoms with Gasteiger partial charge in [-0.3, -0.25) is 9.59 Å². The van der Waals surface area contributed by atoms with Gasteiger partial charge < -0.3 is 19.3 Å². The maximum atomic E-state index is 13.4. The minimum Gasteiger partial charge on any atom is -0.493 e. The third kappa shape index (κ3) is 5.79. The molecular formula is C26H28ClFN4O4. The van der Waals surface area contributed by atoms with Gasteiger partial charge in [0.25, 0.3) is 5.56 Å². The van der Waals surface area contributed by atoms with E-state index < -0.39 is 5.82 Å². The van der Waals surface area contributed by atoms with Crippen LogP contribution in [0.4, 0.5) is 10.1 Å². The molecule has 0 atom stereocenters. The van der Waals surface area contributed by atoms with Crippen LogP contribution in [0.2, 0.25) is 5.02 Å². The second-order valence-corrected chi connectivity index (χ2v) is 8.83. The van der Waals surface area contributed by atoms with Crippen molar-refractivity contribution in [3.8, 4) is 22.8 Å². The molecular weight excluding hydrogens is 487 g/mol. The second kappa shape index (κ2) is 11.4. The van der Waals surface area contributed by atoms with Crippen molar-refractivity contribution in [2.45, 2.75) is 19.4 Å². The number of amides is 1. The molecule has 2 heterocycles. The minimum atomic E-state index is -0.447. The fraction of sp³-hybridized carbons (Fsp3) is 0.346. The topological polar surface area (TPSA) is 76.9 Å². The summed E-state index contributed by atoms with van der Waals surface area (Å²) in [6.07, 6.45) is 0.812. The molecule has 0 bridgehead atoms. The highest BCUT2D eigenvalue weighted by Gasteiger charge is 2.21. The molecule has 1 fully saturated rings. The van der Waals surface area contributed by atoms with Crippen LogP contribution in [-0.2, 0) is 11.3 Å². The van der Waals surface area contributed by atoms with E-state index in [1.807, 2.05) is 11.0 Å². The second-order valence-electron chi connectivity index (χ2n) is 8.42. The molecule has 1 saturated heterocycles. The summed E-state index contributed by atoms with van der Waals surface area (Å²) < 4.78 is 25.4. The summed E-state index contributed by atoms with van der Waals surface area (Å²) in [7, 11) is 3.13. The molecule has 1 amide bonds. The predicted molar refractivity (Wildman–Crippen MR) is 136 cm³/mol. The Morgan fingerprint density at radius 2 is 1.75 bits per heavy atom. The molecule has 8 nitrogen and oxygen atoms in total. The first-order valence-corrected chi connectivity index (χ1v) is 12.1. The number of aryl methyl sites for hydroxylation is 1. The van der Waals surface area contributed by atoms with Crippen LogP contribution in [0.1, 0.15) is 12.8 Å². The number of carbonyl (C=O) groups excluding carboxylic acids is 1. The Balaban J connectivity index is 1.32. The number of methoxy groups -OCH3 is 2.